The highest BCUT2D eigenvalue weighted by Crippen LogP contribution is 2.18. The summed E-state index contributed by atoms with van der Waals surface area (Å²) in [6.07, 6.45) is 0. The van der Waals surface area contributed by atoms with Gasteiger partial charge in [-0.05, 0) is 49.7 Å². The smallest absolute Gasteiger partial charge is 0.243 e. The van der Waals surface area contributed by atoms with Gasteiger partial charge in [-0.2, -0.15) is 5.10 Å². The maximum absolute atomic E-state index is 12.1. The Morgan fingerprint density at radius 2 is 1.84 bits per heavy atom. The molecule has 6 nitrogen and oxygen atoms in total. The second-order valence-corrected chi connectivity index (χ2v) is 6.71. The lowest BCUT2D eigenvalue weighted by Crippen LogP contribution is -2.35. The van der Waals surface area contributed by atoms with Crippen LogP contribution >= 0.6 is 12.2 Å². The second-order valence-electron chi connectivity index (χ2n) is 6.30. The molecule has 0 saturated carbocycles. The number of nitrogens with zero attached hydrogens (tertiary/aromatic N) is 2. The first-order valence-electron chi connectivity index (χ1n) is 8.22. The molecular weight excluding hydrogens is 334 g/mol. The van der Waals surface area contributed by atoms with Crippen molar-refractivity contribution in [3.8, 4) is 0 Å². The molecule has 0 radical (unpaired) electrons. The number of aryl methyl sites for hydroxylation is 2. The van der Waals surface area contributed by atoms with Gasteiger partial charge in [0.05, 0.1) is 23.6 Å². The van der Waals surface area contributed by atoms with Crippen molar-refractivity contribution in [1.82, 2.24) is 15.1 Å². The minimum absolute atomic E-state index is 0.0870. The van der Waals surface area contributed by atoms with Crippen LogP contribution in [0.15, 0.2) is 24.3 Å². The van der Waals surface area contributed by atoms with Gasteiger partial charge < -0.3 is 16.0 Å². The van der Waals surface area contributed by atoms with Crippen LogP contribution in [-0.4, -0.2) is 27.3 Å². The van der Waals surface area contributed by atoms with E-state index in [0.29, 0.717) is 11.0 Å². The van der Waals surface area contributed by atoms with Crippen LogP contribution in [0, 0.1) is 13.8 Å². The van der Waals surface area contributed by atoms with Crippen molar-refractivity contribution >= 4 is 34.6 Å². The minimum Gasteiger partial charge on any atom is -0.353 e. The highest BCUT2D eigenvalue weighted by molar-refractivity contribution is 7.80. The molecule has 1 heterocycles. The number of benzene rings is 1. The molecule has 0 saturated heterocycles. The van der Waals surface area contributed by atoms with Gasteiger partial charge in [0.15, 0.2) is 5.11 Å². The molecule has 7 heteroatoms. The highest BCUT2D eigenvalue weighted by Gasteiger charge is 2.12. The molecule has 0 aliphatic carbocycles. The predicted molar refractivity (Wildman–Crippen MR) is 106 cm³/mol. The largest absolute Gasteiger partial charge is 0.353 e. The SMILES string of the molecule is Cc1nn(C)c(C)c1NC(=O)CNC(=S)Nc1ccc(C(C)C)cc1. The lowest BCUT2D eigenvalue weighted by Gasteiger charge is -2.12. The third-order valence-electron chi connectivity index (χ3n) is 4.02. The number of nitrogens with one attached hydrogen (secondary N) is 3. The Labute approximate surface area is 154 Å². The molecule has 1 amide bonds. The molecule has 0 fully saturated rings. The molecule has 0 spiro atoms. The molecule has 2 rings (SSSR count). The standard InChI is InChI=1S/C18H25N5OS/c1-11(2)14-6-8-15(9-7-14)20-18(25)19-10-16(24)21-17-12(3)22-23(5)13(17)4/h6-9,11H,10H2,1-5H3,(H,21,24)(H2,19,20,25). The van der Waals surface area contributed by atoms with Gasteiger partial charge in [0.25, 0.3) is 0 Å². The van der Waals surface area contributed by atoms with Crippen molar-refractivity contribution in [3.63, 3.8) is 0 Å². The number of amides is 1. The quantitative estimate of drug-likeness (QED) is 0.716. The number of carbonyl (C=O) groups is 1. The lowest BCUT2D eigenvalue weighted by atomic mass is 10.0. The molecular formula is C18H25N5OS. The third-order valence-corrected chi connectivity index (χ3v) is 4.26. The molecule has 25 heavy (non-hydrogen) atoms. The summed E-state index contributed by atoms with van der Waals surface area (Å²) in [6, 6.07) is 8.09. The fourth-order valence-electron chi connectivity index (χ4n) is 2.43. The van der Waals surface area contributed by atoms with Gasteiger partial charge in [-0.1, -0.05) is 26.0 Å². The molecule has 0 aliphatic rings. The summed E-state index contributed by atoms with van der Waals surface area (Å²) in [7, 11) is 1.85. The Balaban J connectivity index is 1.84. The van der Waals surface area contributed by atoms with E-state index >= 15 is 0 Å². The summed E-state index contributed by atoms with van der Waals surface area (Å²) in [4.78, 5) is 12.1. The second kappa shape index (κ2) is 8.11. The predicted octanol–water partition coefficient (Wildman–Crippen LogP) is 3.09. The number of rotatable bonds is 5. The molecule has 0 atom stereocenters. The van der Waals surface area contributed by atoms with Crippen LogP contribution in [0.1, 0.15) is 36.7 Å². The molecule has 0 aliphatic heterocycles. The molecule has 0 unspecified atom stereocenters. The van der Waals surface area contributed by atoms with Gasteiger partial charge in [0.1, 0.15) is 0 Å². The van der Waals surface area contributed by atoms with E-state index in [1.807, 2.05) is 33.0 Å². The van der Waals surface area contributed by atoms with Crippen molar-refractivity contribution in [3.05, 3.63) is 41.2 Å². The maximum Gasteiger partial charge on any atom is 0.243 e. The number of hydrogen-bond donors (Lipinski definition) is 3. The van der Waals surface area contributed by atoms with Gasteiger partial charge in [0, 0.05) is 12.7 Å². The Morgan fingerprint density at radius 1 is 1.20 bits per heavy atom. The summed E-state index contributed by atoms with van der Waals surface area (Å²) in [5.41, 5.74) is 4.61. The maximum atomic E-state index is 12.1. The first-order chi connectivity index (χ1) is 11.8. The van der Waals surface area contributed by atoms with E-state index in [9.17, 15) is 4.79 Å². The van der Waals surface area contributed by atoms with Crippen molar-refractivity contribution in [2.24, 2.45) is 7.05 Å². The fraction of sp³-hybridized carbons (Fsp3) is 0.389. The molecule has 3 N–H and O–H groups in total. The summed E-state index contributed by atoms with van der Waals surface area (Å²) >= 11 is 5.24. The van der Waals surface area contributed by atoms with Crippen LogP contribution in [0.25, 0.3) is 0 Å². The third kappa shape index (κ3) is 5.03. The normalized spacial score (nSPS) is 10.6. The van der Waals surface area contributed by atoms with E-state index in [0.717, 1.165) is 22.8 Å². The Kier molecular flexibility index (Phi) is 6.14. The van der Waals surface area contributed by atoms with Crippen LogP contribution in [0.3, 0.4) is 0 Å². The zero-order valence-corrected chi connectivity index (χ0v) is 16.1. The molecule has 1 aromatic heterocycles. The minimum atomic E-state index is -0.168. The van der Waals surface area contributed by atoms with Crippen molar-refractivity contribution in [1.29, 1.82) is 0 Å². The van der Waals surface area contributed by atoms with Gasteiger partial charge >= 0.3 is 0 Å². The lowest BCUT2D eigenvalue weighted by molar-refractivity contribution is -0.115. The number of hydrogen-bond acceptors (Lipinski definition) is 3. The van der Waals surface area contributed by atoms with Crippen LogP contribution in [0.5, 0.6) is 0 Å². The monoisotopic (exact) mass is 359 g/mol. The topological polar surface area (TPSA) is 71.0 Å². The summed E-state index contributed by atoms with van der Waals surface area (Å²) in [5, 5.41) is 13.5. The number of thiocarbonyl (C=S) groups is 1. The summed E-state index contributed by atoms with van der Waals surface area (Å²) in [6.45, 7) is 8.17. The Morgan fingerprint density at radius 3 is 2.36 bits per heavy atom. The van der Waals surface area contributed by atoms with Crippen molar-refractivity contribution in [2.75, 3.05) is 17.2 Å². The summed E-state index contributed by atoms with van der Waals surface area (Å²) < 4.78 is 1.74. The zero-order valence-electron chi connectivity index (χ0n) is 15.3. The van der Waals surface area contributed by atoms with Crippen LogP contribution < -0.4 is 16.0 Å². The first kappa shape index (κ1) is 18.9. The molecule has 0 bridgehead atoms. The van der Waals surface area contributed by atoms with Crippen molar-refractivity contribution < 1.29 is 4.79 Å². The van der Waals surface area contributed by atoms with E-state index in [1.54, 1.807) is 4.68 Å². The van der Waals surface area contributed by atoms with E-state index in [4.69, 9.17) is 12.2 Å². The van der Waals surface area contributed by atoms with E-state index in [-0.39, 0.29) is 12.5 Å². The Bertz CT molecular complexity index is 765. The van der Waals surface area contributed by atoms with Crippen LogP contribution in [0.2, 0.25) is 0 Å². The zero-order chi connectivity index (χ0) is 18.6. The fourth-order valence-corrected chi connectivity index (χ4v) is 2.62. The van der Waals surface area contributed by atoms with Crippen LogP contribution in [-0.2, 0) is 11.8 Å². The van der Waals surface area contributed by atoms with Gasteiger partial charge in [-0.15, -0.1) is 0 Å². The van der Waals surface area contributed by atoms with Gasteiger partial charge in [-0.3, -0.25) is 9.48 Å². The molecule has 1 aromatic carbocycles. The average molecular weight is 359 g/mol. The van der Waals surface area contributed by atoms with E-state index in [1.165, 1.54) is 5.56 Å². The molecule has 134 valence electrons. The number of anilines is 2. The van der Waals surface area contributed by atoms with Gasteiger partial charge in [0.2, 0.25) is 5.91 Å². The number of carbonyl (C=O) groups excluding carboxylic acids is 1. The number of aromatic nitrogens is 2. The van der Waals surface area contributed by atoms with Crippen molar-refractivity contribution in [2.45, 2.75) is 33.6 Å². The summed E-state index contributed by atoms with van der Waals surface area (Å²) in [5.74, 6) is 0.320. The first-order valence-corrected chi connectivity index (χ1v) is 8.63. The van der Waals surface area contributed by atoms with E-state index < -0.39 is 0 Å². The average Bonchev–Trinajstić information content (AvgIpc) is 2.80. The van der Waals surface area contributed by atoms with Crippen LogP contribution in [0.4, 0.5) is 11.4 Å². The van der Waals surface area contributed by atoms with Gasteiger partial charge in [-0.25, -0.2) is 0 Å². The highest BCUT2D eigenvalue weighted by atomic mass is 32.1. The van der Waals surface area contributed by atoms with E-state index in [2.05, 4.69) is 47.0 Å². The Hall–Kier alpha value is -2.41. The molecule has 2 aromatic rings.